The topological polar surface area (TPSA) is 64.3 Å². The Kier molecular flexibility index (Phi) is 4.30. The quantitative estimate of drug-likeness (QED) is 0.882. The molecule has 1 N–H and O–H groups in total. The molecule has 1 aromatic carbocycles. The lowest BCUT2D eigenvalue weighted by Crippen LogP contribution is -2.23. The van der Waals surface area contributed by atoms with Gasteiger partial charge in [-0.3, -0.25) is 4.79 Å². The predicted molar refractivity (Wildman–Crippen MR) is 71.1 cm³/mol. The van der Waals surface area contributed by atoms with Gasteiger partial charge in [0.2, 0.25) is 5.88 Å². The van der Waals surface area contributed by atoms with Crippen LogP contribution in [0.4, 0.5) is 0 Å². The molecule has 0 amide bonds. The number of aliphatic hydroxyl groups excluding tert-OH is 1. The standard InChI is InChI=1S/C14H16N2O3/c1-19-13-7-8-14(18)16(15-13)10-9-12(17)11-5-3-2-4-6-11/h2-8,12,17H,9-10H2,1H3. The molecule has 0 bridgehead atoms. The van der Waals surface area contributed by atoms with E-state index in [0.29, 0.717) is 18.8 Å². The Hall–Kier alpha value is -2.14. The van der Waals surface area contributed by atoms with Gasteiger partial charge in [0, 0.05) is 18.7 Å². The maximum Gasteiger partial charge on any atom is 0.266 e. The Labute approximate surface area is 111 Å². The van der Waals surface area contributed by atoms with Gasteiger partial charge in [-0.1, -0.05) is 30.3 Å². The summed E-state index contributed by atoms with van der Waals surface area (Å²) in [5.41, 5.74) is 0.625. The normalized spacial score (nSPS) is 12.1. The molecule has 0 saturated carbocycles. The van der Waals surface area contributed by atoms with Gasteiger partial charge in [-0.2, -0.15) is 0 Å². The van der Waals surface area contributed by atoms with Crippen molar-refractivity contribution in [2.75, 3.05) is 7.11 Å². The lowest BCUT2D eigenvalue weighted by Gasteiger charge is -2.11. The third kappa shape index (κ3) is 3.42. The SMILES string of the molecule is COc1ccc(=O)n(CCC(O)c2ccccc2)n1. The van der Waals surface area contributed by atoms with E-state index in [4.69, 9.17) is 4.74 Å². The smallest absolute Gasteiger partial charge is 0.266 e. The van der Waals surface area contributed by atoms with E-state index in [0.717, 1.165) is 5.56 Å². The van der Waals surface area contributed by atoms with Crippen LogP contribution in [0.15, 0.2) is 47.3 Å². The Bertz CT molecular complexity index is 581. The van der Waals surface area contributed by atoms with Crippen molar-refractivity contribution in [1.29, 1.82) is 0 Å². The molecule has 1 aromatic heterocycles. The van der Waals surface area contributed by atoms with Gasteiger partial charge in [0.15, 0.2) is 0 Å². The summed E-state index contributed by atoms with van der Waals surface area (Å²) in [7, 11) is 1.50. The second kappa shape index (κ2) is 6.15. The van der Waals surface area contributed by atoms with Crippen LogP contribution in [0.25, 0.3) is 0 Å². The van der Waals surface area contributed by atoms with Crippen LogP contribution in [0.5, 0.6) is 5.88 Å². The van der Waals surface area contributed by atoms with Gasteiger partial charge in [-0.25, -0.2) is 4.68 Å². The maximum absolute atomic E-state index is 11.6. The molecule has 1 atom stereocenters. The summed E-state index contributed by atoms with van der Waals surface area (Å²) in [6, 6.07) is 12.3. The molecule has 5 heteroatoms. The molecule has 2 aromatic rings. The molecule has 0 aliphatic carbocycles. The van der Waals surface area contributed by atoms with Crippen LogP contribution >= 0.6 is 0 Å². The fraction of sp³-hybridized carbons (Fsp3) is 0.286. The Morgan fingerprint density at radius 3 is 2.68 bits per heavy atom. The van der Waals surface area contributed by atoms with Crippen molar-refractivity contribution < 1.29 is 9.84 Å². The number of aromatic nitrogens is 2. The highest BCUT2D eigenvalue weighted by Gasteiger charge is 2.08. The number of aryl methyl sites for hydroxylation is 1. The Balaban J connectivity index is 2.05. The summed E-state index contributed by atoms with van der Waals surface area (Å²) >= 11 is 0. The van der Waals surface area contributed by atoms with Crippen LogP contribution in [0, 0.1) is 0 Å². The number of aliphatic hydroxyl groups is 1. The van der Waals surface area contributed by atoms with Crippen LogP contribution in [-0.4, -0.2) is 22.0 Å². The molecule has 0 aliphatic rings. The lowest BCUT2D eigenvalue weighted by molar-refractivity contribution is 0.158. The fourth-order valence-electron chi connectivity index (χ4n) is 1.79. The number of hydrogen-bond acceptors (Lipinski definition) is 4. The summed E-state index contributed by atoms with van der Waals surface area (Å²) in [5, 5.41) is 14.1. The molecular formula is C14H16N2O3. The van der Waals surface area contributed by atoms with E-state index >= 15 is 0 Å². The minimum absolute atomic E-state index is 0.207. The van der Waals surface area contributed by atoms with Crippen molar-refractivity contribution in [3.63, 3.8) is 0 Å². The Morgan fingerprint density at radius 1 is 1.26 bits per heavy atom. The fourth-order valence-corrected chi connectivity index (χ4v) is 1.79. The van der Waals surface area contributed by atoms with E-state index in [-0.39, 0.29) is 5.56 Å². The minimum atomic E-state index is -0.610. The molecule has 0 fully saturated rings. The minimum Gasteiger partial charge on any atom is -0.480 e. The zero-order chi connectivity index (χ0) is 13.7. The third-order valence-electron chi connectivity index (χ3n) is 2.85. The van der Waals surface area contributed by atoms with Crippen molar-refractivity contribution in [1.82, 2.24) is 9.78 Å². The van der Waals surface area contributed by atoms with E-state index in [2.05, 4.69) is 5.10 Å². The van der Waals surface area contributed by atoms with E-state index in [1.807, 2.05) is 30.3 Å². The number of ether oxygens (including phenoxy) is 1. The number of rotatable bonds is 5. The predicted octanol–water partition coefficient (Wildman–Crippen LogP) is 1.38. The molecular weight excluding hydrogens is 244 g/mol. The van der Waals surface area contributed by atoms with E-state index < -0.39 is 6.10 Å². The second-order valence-electron chi connectivity index (χ2n) is 4.15. The zero-order valence-electron chi connectivity index (χ0n) is 10.7. The van der Waals surface area contributed by atoms with Crippen molar-refractivity contribution in [3.8, 4) is 5.88 Å². The first-order chi connectivity index (χ1) is 9.20. The number of methoxy groups -OCH3 is 1. The van der Waals surface area contributed by atoms with Crippen molar-refractivity contribution in [2.24, 2.45) is 0 Å². The largest absolute Gasteiger partial charge is 0.480 e. The molecule has 100 valence electrons. The molecule has 0 spiro atoms. The summed E-state index contributed by atoms with van der Waals surface area (Å²) in [6.45, 7) is 0.339. The number of nitrogens with zero attached hydrogens (tertiary/aromatic N) is 2. The van der Waals surface area contributed by atoms with Crippen molar-refractivity contribution in [2.45, 2.75) is 19.1 Å². The molecule has 5 nitrogen and oxygen atoms in total. The molecule has 19 heavy (non-hydrogen) atoms. The molecule has 1 heterocycles. The average Bonchev–Trinajstić information content (AvgIpc) is 2.47. The molecule has 2 rings (SSSR count). The van der Waals surface area contributed by atoms with Gasteiger partial charge >= 0.3 is 0 Å². The summed E-state index contributed by atoms with van der Waals surface area (Å²) < 4.78 is 6.26. The zero-order valence-corrected chi connectivity index (χ0v) is 10.7. The van der Waals surface area contributed by atoms with Crippen LogP contribution in [0.1, 0.15) is 18.1 Å². The number of benzene rings is 1. The van der Waals surface area contributed by atoms with Gasteiger partial charge in [0.05, 0.1) is 13.2 Å². The van der Waals surface area contributed by atoms with Crippen LogP contribution in [-0.2, 0) is 6.54 Å². The highest BCUT2D eigenvalue weighted by molar-refractivity contribution is 5.17. The van der Waals surface area contributed by atoms with Gasteiger partial charge in [-0.15, -0.1) is 5.10 Å². The summed E-state index contributed by atoms with van der Waals surface area (Å²) in [4.78, 5) is 11.6. The van der Waals surface area contributed by atoms with Gasteiger partial charge < -0.3 is 9.84 Å². The van der Waals surface area contributed by atoms with Crippen LogP contribution in [0.3, 0.4) is 0 Å². The lowest BCUT2D eigenvalue weighted by atomic mass is 10.1. The van der Waals surface area contributed by atoms with Crippen LogP contribution < -0.4 is 10.3 Å². The van der Waals surface area contributed by atoms with E-state index in [1.54, 1.807) is 0 Å². The second-order valence-corrected chi connectivity index (χ2v) is 4.15. The molecule has 0 saturated heterocycles. The summed E-state index contributed by atoms with van der Waals surface area (Å²) in [5.74, 6) is 0.383. The first-order valence-electron chi connectivity index (χ1n) is 6.06. The molecule has 0 aliphatic heterocycles. The maximum atomic E-state index is 11.6. The van der Waals surface area contributed by atoms with Crippen molar-refractivity contribution in [3.05, 3.63) is 58.4 Å². The van der Waals surface area contributed by atoms with Crippen molar-refractivity contribution >= 4 is 0 Å². The van der Waals surface area contributed by atoms with E-state index in [9.17, 15) is 9.90 Å². The monoisotopic (exact) mass is 260 g/mol. The van der Waals surface area contributed by atoms with E-state index in [1.165, 1.54) is 23.9 Å². The highest BCUT2D eigenvalue weighted by Crippen LogP contribution is 2.16. The van der Waals surface area contributed by atoms with Gasteiger partial charge in [0.25, 0.3) is 5.56 Å². The third-order valence-corrected chi connectivity index (χ3v) is 2.85. The highest BCUT2D eigenvalue weighted by atomic mass is 16.5. The summed E-state index contributed by atoms with van der Waals surface area (Å²) in [6.07, 6.45) is -0.189. The first-order valence-corrected chi connectivity index (χ1v) is 6.06. The Morgan fingerprint density at radius 2 is 2.00 bits per heavy atom. The average molecular weight is 260 g/mol. The first kappa shape index (κ1) is 13.3. The van der Waals surface area contributed by atoms with Crippen LogP contribution in [0.2, 0.25) is 0 Å². The molecule has 0 radical (unpaired) electrons. The van der Waals surface area contributed by atoms with Gasteiger partial charge in [-0.05, 0) is 12.0 Å². The van der Waals surface area contributed by atoms with Gasteiger partial charge in [0.1, 0.15) is 0 Å². The number of hydrogen-bond donors (Lipinski definition) is 1. The molecule has 1 unspecified atom stereocenters.